The molecule has 3 rings (SSSR count). The Labute approximate surface area is 136 Å². The van der Waals surface area contributed by atoms with Gasteiger partial charge in [-0.05, 0) is 51.9 Å². The fourth-order valence-electron chi connectivity index (χ4n) is 2.84. The third kappa shape index (κ3) is 3.76. The maximum absolute atomic E-state index is 4.51. The summed E-state index contributed by atoms with van der Waals surface area (Å²) in [6.45, 7) is 8.19. The van der Waals surface area contributed by atoms with Gasteiger partial charge < -0.3 is 5.32 Å². The predicted molar refractivity (Wildman–Crippen MR) is 90.5 cm³/mol. The van der Waals surface area contributed by atoms with Crippen LogP contribution in [0.5, 0.6) is 0 Å². The van der Waals surface area contributed by atoms with Gasteiger partial charge in [-0.2, -0.15) is 5.10 Å². The van der Waals surface area contributed by atoms with Gasteiger partial charge in [0, 0.05) is 24.4 Å². The molecule has 0 saturated carbocycles. The van der Waals surface area contributed by atoms with E-state index in [9.17, 15) is 0 Å². The van der Waals surface area contributed by atoms with Crippen molar-refractivity contribution in [1.82, 2.24) is 29.7 Å². The normalized spacial score (nSPS) is 12.8. The average molecular weight is 312 g/mol. The second kappa shape index (κ2) is 6.91. The molecule has 3 aromatic heterocycles. The maximum atomic E-state index is 4.51. The van der Waals surface area contributed by atoms with Crippen LogP contribution in [-0.2, 0) is 13.0 Å². The predicted octanol–water partition coefficient (Wildman–Crippen LogP) is 2.15. The summed E-state index contributed by atoms with van der Waals surface area (Å²) in [7, 11) is 0. The smallest absolute Gasteiger partial charge is 0.160 e. The summed E-state index contributed by atoms with van der Waals surface area (Å²) in [5.74, 6) is 1.02. The van der Waals surface area contributed by atoms with Crippen molar-refractivity contribution < 1.29 is 0 Å². The lowest BCUT2D eigenvalue weighted by atomic mass is 10.2. The molecule has 0 spiro atoms. The fourth-order valence-corrected chi connectivity index (χ4v) is 2.84. The number of hydrogen-bond donors (Lipinski definition) is 1. The fraction of sp³-hybridized carbons (Fsp3) is 0.471. The molecular formula is C17H24N6. The van der Waals surface area contributed by atoms with Crippen LogP contribution in [-0.4, -0.2) is 37.0 Å². The average Bonchev–Trinajstić information content (AvgIpc) is 3.07. The molecule has 0 aliphatic heterocycles. The summed E-state index contributed by atoms with van der Waals surface area (Å²) in [5, 5.41) is 16.5. The standard InChI is InChI=1S/C17H24N6/c1-13-11-15(3)23(21-13)12-14(2)18-9-6-8-17-20-19-16-7-4-5-10-22(16)17/h4-5,7,10-11,14,18H,6,8-9,12H2,1-3H3. The third-order valence-corrected chi connectivity index (χ3v) is 4.00. The topological polar surface area (TPSA) is 60.0 Å². The van der Waals surface area contributed by atoms with Crippen molar-refractivity contribution in [2.24, 2.45) is 0 Å². The van der Waals surface area contributed by atoms with Crippen LogP contribution in [0, 0.1) is 13.8 Å². The minimum Gasteiger partial charge on any atom is -0.312 e. The second-order valence-corrected chi connectivity index (χ2v) is 6.11. The summed E-state index contributed by atoms with van der Waals surface area (Å²) >= 11 is 0. The van der Waals surface area contributed by atoms with Gasteiger partial charge in [-0.25, -0.2) is 0 Å². The molecule has 6 nitrogen and oxygen atoms in total. The third-order valence-electron chi connectivity index (χ3n) is 4.00. The lowest BCUT2D eigenvalue weighted by Crippen LogP contribution is -2.32. The van der Waals surface area contributed by atoms with Crippen molar-refractivity contribution in [3.8, 4) is 0 Å². The van der Waals surface area contributed by atoms with Gasteiger partial charge in [-0.1, -0.05) is 6.07 Å². The van der Waals surface area contributed by atoms with Gasteiger partial charge in [0.2, 0.25) is 0 Å². The number of aryl methyl sites for hydroxylation is 3. The molecule has 1 unspecified atom stereocenters. The first-order chi connectivity index (χ1) is 11.1. The minimum atomic E-state index is 0.392. The lowest BCUT2D eigenvalue weighted by molar-refractivity contribution is 0.441. The number of rotatable bonds is 7. The van der Waals surface area contributed by atoms with Crippen LogP contribution in [0.2, 0.25) is 0 Å². The molecule has 0 bridgehead atoms. The number of fused-ring (bicyclic) bond motifs is 1. The van der Waals surface area contributed by atoms with Gasteiger partial charge in [0.05, 0.1) is 12.2 Å². The number of hydrogen-bond acceptors (Lipinski definition) is 4. The van der Waals surface area contributed by atoms with Gasteiger partial charge in [0.1, 0.15) is 5.82 Å². The van der Waals surface area contributed by atoms with Crippen molar-refractivity contribution in [3.63, 3.8) is 0 Å². The Hall–Kier alpha value is -2.21. The van der Waals surface area contributed by atoms with Gasteiger partial charge in [-0.3, -0.25) is 9.08 Å². The molecule has 0 aromatic carbocycles. The zero-order valence-corrected chi connectivity index (χ0v) is 14.0. The van der Waals surface area contributed by atoms with E-state index in [1.165, 1.54) is 5.69 Å². The monoisotopic (exact) mass is 312 g/mol. The van der Waals surface area contributed by atoms with Crippen molar-refractivity contribution in [3.05, 3.63) is 47.7 Å². The summed E-state index contributed by atoms with van der Waals surface area (Å²) in [6.07, 6.45) is 3.98. The Morgan fingerprint density at radius 2 is 2.09 bits per heavy atom. The highest BCUT2D eigenvalue weighted by Crippen LogP contribution is 2.05. The Morgan fingerprint density at radius 1 is 1.22 bits per heavy atom. The highest BCUT2D eigenvalue weighted by molar-refractivity contribution is 5.36. The zero-order chi connectivity index (χ0) is 16.2. The van der Waals surface area contributed by atoms with E-state index >= 15 is 0 Å². The number of nitrogens with zero attached hydrogens (tertiary/aromatic N) is 5. The van der Waals surface area contributed by atoms with E-state index in [0.29, 0.717) is 6.04 Å². The van der Waals surface area contributed by atoms with Crippen molar-refractivity contribution in [1.29, 1.82) is 0 Å². The second-order valence-electron chi connectivity index (χ2n) is 6.11. The minimum absolute atomic E-state index is 0.392. The molecule has 0 aliphatic carbocycles. The number of aromatic nitrogens is 5. The Balaban J connectivity index is 1.45. The molecular weight excluding hydrogens is 288 g/mol. The van der Waals surface area contributed by atoms with Gasteiger partial charge in [0.25, 0.3) is 0 Å². The summed E-state index contributed by atoms with van der Waals surface area (Å²) < 4.78 is 4.12. The van der Waals surface area contributed by atoms with Crippen LogP contribution in [0.25, 0.3) is 5.65 Å². The largest absolute Gasteiger partial charge is 0.312 e. The van der Waals surface area contributed by atoms with E-state index in [-0.39, 0.29) is 0 Å². The summed E-state index contributed by atoms with van der Waals surface area (Å²) in [6, 6.07) is 8.47. The van der Waals surface area contributed by atoms with E-state index < -0.39 is 0 Å². The van der Waals surface area contributed by atoms with E-state index in [2.05, 4.69) is 49.6 Å². The molecule has 6 heteroatoms. The van der Waals surface area contributed by atoms with Crippen LogP contribution >= 0.6 is 0 Å². The van der Waals surface area contributed by atoms with E-state index in [4.69, 9.17) is 0 Å². The zero-order valence-electron chi connectivity index (χ0n) is 14.0. The van der Waals surface area contributed by atoms with Crippen LogP contribution in [0.15, 0.2) is 30.5 Å². The molecule has 0 fully saturated rings. The van der Waals surface area contributed by atoms with Gasteiger partial charge in [-0.15, -0.1) is 10.2 Å². The molecule has 0 amide bonds. The Morgan fingerprint density at radius 3 is 2.87 bits per heavy atom. The van der Waals surface area contributed by atoms with Crippen LogP contribution in [0.4, 0.5) is 0 Å². The highest BCUT2D eigenvalue weighted by Gasteiger charge is 2.07. The van der Waals surface area contributed by atoms with Crippen LogP contribution in [0.1, 0.15) is 30.6 Å². The molecule has 122 valence electrons. The molecule has 0 radical (unpaired) electrons. The van der Waals surface area contributed by atoms with Gasteiger partial charge >= 0.3 is 0 Å². The van der Waals surface area contributed by atoms with E-state index in [1.807, 2.05) is 31.3 Å². The molecule has 1 atom stereocenters. The van der Waals surface area contributed by atoms with Crippen LogP contribution < -0.4 is 5.32 Å². The van der Waals surface area contributed by atoms with Gasteiger partial charge in [0.15, 0.2) is 5.65 Å². The molecule has 3 aromatic rings. The van der Waals surface area contributed by atoms with E-state index in [0.717, 1.165) is 43.1 Å². The first-order valence-corrected chi connectivity index (χ1v) is 8.16. The molecule has 1 N–H and O–H groups in total. The quantitative estimate of drug-likeness (QED) is 0.679. The van der Waals surface area contributed by atoms with Crippen LogP contribution in [0.3, 0.4) is 0 Å². The lowest BCUT2D eigenvalue weighted by Gasteiger charge is -2.14. The van der Waals surface area contributed by atoms with Crippen molar-refractivity contribution in [2.45, 2.75) is 46.2 Å². The summed E-state index contributed by atoms with van der Waals surface area (Å²) in [5.41, 5.74) is 3.20. The number of pyridine rings is 1. The highest BCUT2D eigenvalue weighted by atomic mass is 15.3. The summed E-state index contributed by atoms with van der Waals surface area (Å²) in [4.78, 5) is 0. The molecule has 0 saturated heterocycles. The SMILES string of the molecule is Cc1cc(C)n(CC(C)NCCCc2nnc3ccccn23)n1. The first kappa shape index (κ1) is 15.7. The van der Waals surface area contributed by atoms with Crippen molar-refractivity contribution >= 4 is 5.65 Å². The molecule has 3 heterocycles. The first-order valence-electron chi connectivity index (χ1n) is 8.16. The Bertz CT molecular complexity index is 772. The number of nitrogens with one attached hydrogen (secondary N) is 1. The Kier molecular flexibility index (Phi) is 4.71. The molecule has 0 aliphatic rings. The van der Waals surface area contributed by atoms with Crippen molar-refractivity contribution in [2.75, 3.05) is 6.54 Å². The maximum Gasteiger partial charge on any atom is 0.160 e. The van der Waals surface area contributed by atoms with E-state index in [1.54, 1.807) is 0 Å². The molecule has 23 heavy (non-hydrogen) atoms.